The maximum atomic E-state index is 12.6. The van der Waals surface area contributed by atoms with E-state index in [1.165, 1.54) is 0 Å². The van der Waals surface area contributed by atoms with E-state index < -0.39 is 6.10 Å². The fourth-order valence-corrected chi connectivity index (χ4v) is 4.43. The smallest absolute Gasteiger partial charge is 0.254 e. The summed E-state index contributed by atoms with van der Waals surface area (Å²) in [6.45, 7) is 2.81. The molecule has 0 saturated carbocycles. The van der Waals surface area contributed by atoms with Crippen molar-refractivity contribution in [2.45, 2.75) is 32.3 Å². The SMILES string of the molecule is Cc1ccc(C(=O)N2CC[C@H](O)C2)cc1NC(=O)CCc1nc2ccccc2s1. The van der Waals surface area contributed by atoms with E-state index in [0.717, 1.165) is 20.8 Å². The van der Waals surface area contributed by atoms with Gasteiger partial charge in [0, 0.05) is 37.2 Å². The lowest BCUT2D eigenvalue weighted by molar-refractivity contribution is -0.116. The van der Waals surface area contributed by atoms with Crippen LogP contribution in [0.15, 0.2) is 42.5 Å². The van der Waals surface area contributed by atoms with Gasteiger partial charge in [-0.2, -0.15) is 0 Å². The molecule has 29 heavy (non-hydrogen) atoms. The van der Waals surface area contributed by atoms with Crippen molar-refractivity contribution in [1.29, 1.82) is 0 Å². The molecule has 2 N–H and O–H groups in total. The van der Waals surface area contributed by atoms with Crippen LogP contribution in [-0.2, 0) is 11.2 Å². The summed E-state index contributed by atoms with van der Waals surface area (Å²) in [6.07, 6.45) is 1.06. The van der Waals surface area contributed by atoms with Crippen LogP contribution < -0.4 is 5.32 Å². The van der Waals surface area contributed by atoms with E-state index in [4.69, 9.17) is 0 Å². The van der Waals surface area contributed by atoms with Crippen molar-refractivity contribution in [3.05, 3.63) is 58.6 Å². The molecule has 1 aromatic heterocycles. The minimum Gasteiger partial charge on any atom is -0.391 e. The van der Waals surface area contributed by atoms with Crippen molar-refractivity contribution in [1.82, 2.24) is 9.88 Å². The van der Waals surface area contributed by atoms with Crippen LogP contribution in [-0.4, -0.2) is 46.0 Å². The van der Waals surface area contributed by atoms with Crippen LogP contribution in [0.3, 0.4) is 0 Å². The highest BCUT2D eigenvalue weighted by molar-refractivity contribution is 7.18. The highest BCUT2D eigenvalue weighted by Gasteiger charge is 2.25. The largest absolute Gasteiger partial charge is 0.391 e. The van der Waals surface area contributed by atoms with Gasteiger partial charge in [0.1, 0.15) is 0 Å². The molecule has 1 aliphatic rings. The molecule has 1 atom stereocenters. The zero-order valence-electron chi connectivity index (χ0n) is 16.2. The Morgan fingerprint density at radius 1 is 1.28 bits per heavy atom. The summed E-state index contributed by atoms with van der Waals surface area (Å²) in [5, 5.41) is 13.5. The topological polar surface area (TPSA) is 82.5 Å². The standard InChI is InChI=1S/C22H23N3O3S/c1-14-6-7-15(22(28)25-11-10-16(26)13-25)12-18(14)23-20(27)8-9-21-24-17-4-2-3-5-19(17)29-21/h2-7,12,16,26H,8-11,13H2,1H3,(H,23,27)/t16-/m0/s1. The Kier molecular flexibility index (Phi) is 5.60. The van der Waals surface area contributed by atoms with Crippen molar-refractivity contribution >= 4 is 39.1 Å². The number of benzene rings is 2. The van der Waals surface area contributed by atoms with E-state index in [0.29, 0.717) is 43.6 Å². The summed E-state index contributed by atoms with van der Waals surface area (Å²) < 4.78 is 1.12. The molecule has 0 unspecified atom stereocenters. The number of β-amino-alcohol motifs (C(OH)–C–C–N with tert-alkyl or cyclic N) is 1. The molecule has 7 heteroatoms. The number of nitrogens with zero attached hydrogens (tertiary/aromatic N) is 2. The predicted molar refractivity (Wildman–Crippen MR) is 114 cm³/mol. The number of aliphatic hydroxyl groups excluding tert-OH is 1. The van der Waals surface area contributed by atoms with Gasteiger partial charge in [-0.15, -0.1) is 11.3 Å². The maximum absolute atomic E-state index is 12.6. The molecule has 2 heterocycles. The highest BCUT2D eigenvalue weighted by atomic mass is 32.1. The molecule has 6 nitrogen and oxygen atoms in total. The Balaban J connectivity index is 1.40. The van der Waals surface area contributed by atoms with Crippen LogP contribution in [0.25, 0.3) is 10.2 Å². The average Bonchev–Trinajstić information content (AvgIpc) is 3.33. The molecule has 3 aromatic rings. The third-order valence-corrected chi connectivity index (χ3v) is 6.21. The molecule has 1 saturated heterocycles. The Hall–Kier alpha value is -2.77. The lowest BCUT2D eigenvalue weighted by atomic mass is 10.1. The molecule has 0 spiro atoms. The molecule has 2 amide bonds. The molecule has 0 aliphatic carbocycles. The summed E-state index contributed by atoms with van der Waals surface area (Å²) in [6, 6.07) is 13.3. The quantitative estimate of drug-likeness (QED) is 0.677. The number of rotatable bonds is 5. The Morgan fingerprint density at radius 2 is 2.10 bits per heavy atom. The minimum atomic E-state index is -0.453. The van der Waals surface area contributed by atoms with Gasteiger partial charge >= 0.3 is 0 Å². The number of aliphatic hydroxyl groups is 1. The van der Waals surface area contributed by atoms with E-state index in [-0.39, 0.29) is 11.8 Å². The van der Waals surface area contributed by atoms with Crippen LogP contribution >= 0.6 is 11.3 Å². The molecular weight excluding hydrogens is 386 g/mol. The Morgan fingerprint density at radius 3 is 2.86 bits per heavy atom. The van der Waals surface area contributed by atoms with Gasteiger partial charge in [-0.05, 0) is 43.2 Å². The van der Waals surface area contributed by atoms with Gasteiger partial charge in [0.25, 0.3) is 5.91 Å². The lowest BCUT2D eigenvalue weighted by Gasteiger charge is -2.17. The zero-order chi connectivity index (χ0) is 20.4. The molecule has 150 valence electrons. The number of fused-ring (bicyclic) bond motifs is 1. The first-order chi connectivity index (χ1) is 14.0. The summed E-state index contributed by atoms with van der Waals surface area (Å²) >= 11 is 1.61. The number of nitrogens with one attached hydrogen (secondary N) is 1. The van der Waals surface area contributed by atoms with Gasteiger partial charge in [-0.1, -0.05) is 18.2 Å². The Bertz CT molecular complexity index is 1030. The van der Waals surface area contributed by atoms with Crippen LogP contribution in [0.2, 0.25) is 0 Å². The van der Waals surface area contributed by atoms with Crippen molar-refractivity contribution in [3.63, 3.8) is 0 Å². The first kappa shape index (κ1) is 19.5. The fraction of sp³-hybridized carbons (Fsp3) is 0.318. The molecule has 4 rings (SSSR count). The lowest BCUT2D eigenvalue weighted by Crippen LogP contribution is -2.29. The number of hydrogen-bond acceptors (Lipinski definition) is 5. The van der Waals surface area contributed by atoms with Crippen molar-refractivity contribution in [2.24, 2.45) is 0 Å². The van der Waals surface area contributed by atoms with Gasteiger partial charge in [-0.25, -0.2) is 4.98 Å². The number of para-hydroxylation sites is 1. The number of amides is 2. The molecule has 0 radical (unpaired) electrons. The van der Waals surface area contributed by atoms with Crippen LogP contribution in [0, 0.1) is 6.92 Å². The summed E-state index contributed by atoms with van der Waals surface area (Å²) in [5.41, 5.74) is 3.02. The first-order valence-corrected chi connectivity index (χ1v) is 10.5. The van der Waals surface area contributed by atoms with Crippen molar-refractivity contribution in [3.8, 4) is 0 Å². The van der Waals surface area contributed by atoms with Gasteiger partial charge in [0.2, 0.25) is 5.91 Å². The van der Waals surface area contributed by atoms with E-state index in [1.54, 1.807) is 28.4 Å². The summed E-state index contributed by atoms with van der Waals surface area (Å²) in [7, 11) is 0. The minimum absolute atomic E-state index is 0.103. The van der Waals surface area contributed by atoms with Gasteiger partial charge < -0.3 is 15.3 Å². The van der Waals surface area contributed by atoms with Gasteiger partial charge in [-0.3, -0.25) is 9.59 Å². The van der Waals surface area contributed by atoms with Crippen LogP contribution in [0.4, 0.5) is 5.69 Å². The second-order valence-electron chi connectivity index (χ2n) is 7.35. The number of likely N-dealkylation sites (tertiary alicyclic amines) is 1. The number of thiazole rings is 1. The van der Waals surface area contributed by atoms with E-state index >= 15 is 0 Å². The third-order valence-electron chi connectivity index (χ3n) is 5.11. The normalized spacial score (nSPS) is 16.3. The second-order valence-corrected chi connectivity index (χ2v) is 8.46. The third kappa shape index (κ3) is 4.46. The number of carbonyl (C=O) groups is 2. The number of carbonyl (C=O) groups excluding carboxylic acids is 2. The molecular formula is C22H23N3O3S. The number of hydrogen-bond donors (Lipinski definition) is 2. The summed E-state index contributed by atoms with van der Waals surface area (Å²) in [5.74, 6) is -0.222. The summed E-state index contributed by atoms with van der Waals surface area (Å²) in [4.78, 5) is 31.3. The molecule has 0 bridgehead atoms. The monoisotopic (exact) mass is 409 g/mol. The fourth-order valence-electron chi connectivity index (χ4n) is 3.46. The van der Waals surface area contributed by atoms with Gasteiger partial charge in [0.05, 0.1) is 21.3 Å². The van der Waals surface area contributed by atoms with Crippen molar-refractivity contribution < 1.29 is 14.7 Å². The van der Waals surface area contributed by atoms with Crippen molar-refractivity contribution in [2.75, 3.05) is 18.4 Å². The van der Waals surface area contributed by atoms with Crippen LogP contribution in [0.5, 0.6) is 0 Å². The molecule has 2 aromatic carbocycles. The molecule has 1 aliphatic heterocycles. The maximum Gasteiger partial charge on any atom is 0.254 e. The second kappa shape index (κ2) is 8.31. The predicted octanol–water partition coefficient (Wildman–Crippen LogP) is 3.38. The zero-order valence-corrected chi connectivity index (χ0v) is 17.0. The molecule has 1 fully saturated rings. The van der Waals surface area contributed by atoms with E-state index in [2.05, 4.69) is 10.3 Å². The van der Waals surface area contributed by atoms with Crippen LogP contribution in [0.1, 0.15) is 33.8 Å². The van der Waals surface area contributed by atoms with E-state index in [1.807, 2.05) is 37.3 Å². The number of aryl methyl sites for hydroxylation is 2. The first-order valence-electron chi connectivity index (χ1n) is 9.72. The average molecular weight is 410 g/mol. The number of aromatic nitrogens is 1. The Labute approximate surface area is 173 Å². The van der Waals surface area contributed by atoms with Gasteiger partial charge in [0.15, 0.2) is 0 Å². The number of anilines is 1. The highest BCUT2D eigenvalue weighted by Crippen LogP contribution is 2.23. The van der Waals surface area contributed by atoms with E-state index in [9.17, 15) is 14.7 Å².